The first kappa shape index (κ1) is 15.4. The molecule has 0 atom stereocenters. The Morgan fingerprint density at radius 2 is 1.59 bits per heavy atom. The van der Waals surface area contributed by atoms with Crippen molar-refractivity contribution in [2.45, 2.75) is 58.3 Å². The lowest BCUT2D eigenvalue weighted by Gasteiger charge is -2.32. The third kappa shape index (κ3) is 2.30. The van der Waals surface area contributed by atoms with Crippen LogP contribution in [0, 0.1) is 0 Å². The lowest BCUT2D eigenvalue weighted by molar-refractivity contribution is -0.129. The van der Waals surface area contributed by atoms with E-state index in [1.807, 2.05) is 45.9 Å². The maximum atomic E-state index is 12.0. The minimum Gasteiger partial charge on any atom is -0.476 e. The number of ether oxygens (including phenoxy) is 1. The molecule has 0 saturated carbocycles. The molecule has 2 heterocycles. The quantitative estimate of drug-likeness (QED) is 0.807. The van der Waals surface area contributed by atoms with E-state index in [1.165, 1.54) is 0 Å². The van der Waals surface area contributed by atoms with Gasteiger partial charge in [-0.2, -0.15) is 0 Å². The molecule has 1 saturated heterocycles. The van der Waals surface area contributed by atoms with Crippen molar-refractivity contribution in [1.29, 1.82) is 0 Å². The van der Waals surface area contributed by atoms with Gasteiger partial charge in [0.05, 0.1) is 16.9 Å². The van der Waals surface area contributed by atoms with Gasteiger partial charge < -0.3 is 19.4 Å². The van der Waals surface area contributed by atoms with E-state index in [-0.39, 0.29) is 5.91 Å². The predicted octanol–water partition coefficient (Wildman–Crippen LogP) is 2.10. The number of nitrogens with one attached hydrogen (secondary N) is 1. The van der Waals surface area contributed by atoms with Crippen LogP contribution in [0.3, 0.4) is 0 Å². The van der Waals surface area contributed by atoms with E-state index < -0.39 is 23.9 Å². The van der Waals surface area contributed by atoms with Gasteiger partial charge >= 0.3 is 7.12 Å². The molecule has 0 aliphatic carbocycles. The van der Waals surface area contributed by atoms with Crippen LogP contribution in [0.4, 0.5) is 5.69 Å². The number of hydrogen-bond acceptors (Lipinski definition) is 4. The van der Waals surface area contributed by atoms with Crippen LogP contribution in [0.5, 0.6) is 5.75 Å². The van der Waals surface area contributed by atoms with Crippen molar-refractivity contribution in [2.75, 3.05) is 5.32 Å². The summed E-state index contributed by atoms with van der Waals surface area (Å²) >= 11 is 0. The fraction of sp³-hybridized carbons (Fsp3) is 0.562. The fourth-order valence-corrected chi connectivity index (χ4v) is 2.45. The molecular formula is C16H22BNO4. The number of carbonyl (C=O) groups excluding carboxylic acids is 1. The molecule has 2 aliphatic rings. The molecule has 1 fully saturated rings. The van der Waals surface area contributed by atoms with Crippen molar-refractivity contribution in [3.63, 3.8) is 0 Å². The van der Waals surface area contributed by atoms with Crippen LogP contribution >= 0.6 is 0 Å². The Kier molecular flexibility index (Phi) is 3.14. The van der Waals surface area contributed by atoms with E-state index in [0.717, 1.165) is 5.46 Å². The Morgan fingerprint density at radius 1 is 1.00 bits per heavy atom. The predicted molar refractivity (Wildman–Crippen MR) is 85.5 cm³/mol. The highest BCUT2D eigenvalue weighted by Gasteiger charge is 2.52. The summed E-state index contributed by atoms with van der Waals surface area (Å²) < 4.78 is 17.8. The van der Waals surface area contributed by atoms with E-state index in [4.69, 9.17) is 14.0 Å². The molecule has 22 heavy (non-hydrogen) atoms. The standard InChI is InChI=1S/C16H22BNO4/c1-14(2)13(19)18-11-9-10(7-8-12(11)20-14)17-21-15(3,4)16(5,6)22-17/h7-9H,1-6H3,(H,18,19). The smallest absolute Gasteiger partial charge is 0.476 e. The Labute approximate surface area is 131 Å². The van der Waals surface area contributed by atoms with Crippen LogP contribution in [0.1, 0.15) is 41.5 Å². The average molecular weight is 303 g/mol. The SMILES string of the molecule is CC1(C)Oc2ccc(B3OC(C)(C)C(C)(C)O3)cc2NC1=O. The molecule has 0 aromatic heterocycles. The van der Waals surface area contributed by atoms with Crippen LogP contribution < -0.4 is 15.5 Å². The summed E-state index contributed by atoms with van der Waals surface area (Å²) in [5.74, 6) is 0.496. The largest absolute Gasteiger partial charge is 0.494 e. The van der Waals surface area contributed by atoms with Gasteiger partial charge in [0.2, 0.25) is 0 Å². The van der Waals surface area contributed by atoms with Gasteiger partial charge in [0.15, 0.2) is 5.60 Å². The number of benzene rings is 1. The van der Waals surface area contributed by atoms with Crippen molar-refractivity contribution in [3.05, 3.63) is 18.2 Å². The number of hydrogen-bond donors (Lipinski definition) is 1. The first-order valence-corrected chi connectivity index (χ1v) is 7.52. The highest BCUT2D eigenvalue weighted by molar-refractivity contribution is 6.62. The molecule has 0 bridgehead atoms. The summed E-state index contributed by atoms with van der Waals surface area (Å²) in [5.41, 5.74) is -0.138. The van der Waals surface area contributed by atoms with E-state index >= 15 is 0 Å². The molecule has 6 heteroatoms. The van der Waals surface area contributed by atoms with E-state index in [9.17, 15) is 4.79 Å². The van der Waals surface area contributed by atoms with E-state index in [0.29, 0.717) is 11.4 Å². The summed E-state index contributed by atoms with van der Waals surface area (Å²) in [6.45, 7) is 11.5. The lowest BCUT2D eigenvalue weighted by Crippen LogP contribution is -2.46. The molecular weight excluding hydrogens is 281 g/mol. The van der Waals surface area contributed by atoms with Gasteiger partial charge in [-0.3, -0.25) is 4.79 Å². The van der Waals surface area contributed by atoms with Crippen LogP contribution in [0.2, 0.25) is 0 Å². The third-order valence-electron chi connectivity index (χ3n) is 4.69. The van der Waals surface area contributed by atoms with Gasteiger partial charge in [-0.1, -0.05) is 6.07 Å². The third-order valence-corrected chi connectivity index (χ3v) is 4.69. The Balaban J connectivity index is 1.90. The zero-order chi connectivity index (χ0) is 16.3. The van der Waals surface area contributed by atoms with Crippen LogP contribution in [0.15, 0.2) is 18.2 Å². The Morgan fingerprint density at radius 3 is 2.18 bits per heavy atom. The van der Waals surface area contributed by atoms with Gasteiger partial charge in [-0.05, 0) is 59.1 Å². The summed E-state index contributed by atoms with van der Waals surface area (Å²) in [4.78, 5) is 12.0. The number of carbonyl (C=O) groups is 1. The van der Waals surface area contributed by atoms with Crippen molar-refractivity contribution >= 4 is 24.2 Å². The molecule has 0 radical (unpaired) electrons. The summed E-state index contributed by atoms with van der Waals surface area (Å²) in [6.07, 6.45) is 0. The van der Waals surface area contributed by atoms with Crippen molar-refractivity contribution in [3.8, 4) is 5.75 Å². The van der Waals surface area contributed by atoms with E-state index in [2.05, 4.69) is 5.32 Å². The second kappa shape index (κ2) is 4.49. The van der Waals surface area contributed by atoms with Gasteiger partial charge in [0, 0.05) is 0 Å². The summed E-state index contributed by atoms with van der Waals surface area (Å²) in [7, 11) is -0.456. The number of rotatable bonds is 1. The molecule has 1 aromatic rings. The monoisotopic (exact) mass is 303 g/mol. The normalized spacial score (nSPS) is 24.5. The molecule has 1 amide bonds. The van der Waals surface area contributed by atoms with Crippen molar-refractivity contribution in [1.82, 2.24) is 0 Å². The molecule has 1 aromatic carbocycles. The lowest BCUT2D eigenvalue weighted by atomic mass is 9.78. The second-order valence-electron chi connectivity index (χ2n) is 7.41. The number of amides is 1. The van der Waals surface area contributed by atoms with Gasteiger partial charge in [-0.25, -0.2) is 0 Å². The zero-order valence-electron chi connectivity index (χ0n) is 13.9. The molecule has 118 valence electrons. The average Bonchev–Trinajstić information content (AvgIpc) is 2.59. The van der Waals surface area contributed by atoms with E-state index in [1.54, 1.807) is 13.8 Å². The summed E-state index contributed by atoms with van der Waals surface area (Å²) in [5, 5.41) is 2.88. The summed E-state index contributed by atoms with van der Waals surface area (Å²) in [6, 6.07) is 5.61. The van der Waals surface area contributed by atoms with Crippen molar-refractivity contribution in [2.24, 2.45) is 0 Å². The van der Waals surface area contributed by atoms with Crippen molar-refractivity contribution < 1.29 is 18.8 Å². The first-order chi connectivity index (χ1) is 10.0. The Hall–Kier alpha value is -1.53. The maximum absolute atomic E-state index is 12.0. The van der Waals surface area contributed by atoms with Gasteiger partial charge in [-0.15, -0.1) is 0 Å². The van der Waals surface area contributed by atoms with Crippen LogP contribution in [-0.4, -0.2) is 29.8 Å². The maximum Gasteiger partial charge on any atom is 0.494 e. The Bertz CT molecular complexity index is 623. The highest BCUT2D eigenvalue weighted by atomic mass is 16.7. The first-order valence-electron chi connectivity index (χ1n) is 7.52. The number of anilines is 1. The fourth-order valence-electron chi connectivity index (χ4n) is 2.45. The number of fused-ring (bicyclic) bond motifs is 1. The minimum absolute atomic E-state index is 0.161. The topological polar surface area (TPSA) is 56.8 Å². The molecule has 3 rings (SSSR count). The molecule has 1 N–H and O–H groups in total. The molecule has 0 spiro atoms. The second-order valence-corrected chi connectivity index (χ2v) is 7.41. The molecule has 0 unspecified atom stereocenters. The molecule has 5 nitrogen and oxygen atoms in total. The van der Waals surface area contributed by atoms with Gasteiger partial charge in [0.25, 0.3) is 5.91 Å². The zero-order valence-corrected chi connectivity index (χ0v) is 13.9. The molecule has 2 aliphatic heterocycles. The van der Waals surface area contributed by atoms with Crippen LogP contribution in [-0.2, 0) is 14.1 Å². The highest BCUT2D eigenvalue weighted by Crippen LogP contribution is 2.38. The van der Waals surface area contributed by atoms with Gasteiger partial charge in [0.1, 0.15) is 5.75 Å². The van der Waals surface area contributed by atoms with Crippen LogP contribution in [0.25, 0.3) is 0 Å². The minimum atomic E-state index is -0.862.